The predicted octanol–water partition coefficient (Wildman–Crippen LogP) is 3.60. The van der Waals surface area contributed by atoms with Crippen molar-refractivity contribution in [3.05, 3.63) is 32.7 Å². The molecule has 0 fully saturated rings. The van der Waals surface area contributed by atoms with Crippen molar-refractivity contribution in [2.45, 2.75) is 13.0 Å². The van der Waals surface area contributed by atoms with Crippen LogP contribution in [-0.4, -0.2) is 9.97 Å². The Labute approximate surface area is 113 Å². The SMILES string of the molecule is CC(Nc1nc(N)c(Cl)cc1Cl)c1nccs1. The second-order valence-electron chi connectivity index (χ2n) is 3.42. The van der Waals surface area contributed by atoms with Gasteiger partial charge in [0, 0.05) is 11.6 Å². The summed E-state index contributed by atoms with van der Waals surface area (Å²) in [6.07, 6.45) is 1.75. The fraction of sp³-hybridized carbons (Fsp3) is 0.200. The molecule has 0 saturated carbocycles. The first kappa shape index (κ1) is 12.4. The van der Waals surface area contributed by atoms with Crippen LogP contribution in [-0.2, 0) is 0 Å². The van der Waals surface area contributed by atoms with Gasteiger partial charge in [-0.15, -0.1) is 11.3 Å². The van der Waals surface area contributed by atoms with Gasteiger partial charge in [0.2, 0.25) is 0 Å². The van der Waals surface area contributed by atoms with E-state index < -0.39 is 0 Å². The number of nitrogens with zero attached hydrogens (tertiary/aromatic N) is 2. The smallest absolute Gasteiger partial charge is 0.147 e. The third-order valence-corrected chi connectivity index (χ3v) is 3.68. The summed E-state index contributed by atoms with van der Waals surface area (Å²) in [7, 11) is 0. The number of halogens is 2. The van der Waals surface area contributed by atoms with E-state index in [4.69, 9.17) is 28.9 Å². The van der Waals surface area contributed by atoms with Crippen LogP contribution < -0.4 is 11.1 Å². The molecule has 2 aromatic rings. The Morgan fingerprint density at radius 1 is 1.41 bits per heavy atom. The van der Waals surface area contributed by atoms with Gasteiger partial charge in [0.15, 0.2) is 0 Å². The van der Waals surface area contributed by atoms with Gasteiger partial charge in [-0.25, -0.2) is 9.97 Å². The molecular weight excluding hydrogens is 279 g/mol. The number of rotatable bonds is 3. The van der Waals surface area contributed by atoms with Crippen LogP contribution in [0.5, 0.6) is 0 Å². The maximum atomic E-state index is 6.02. The van der Waals surface area contributed by atoms with Crippen molar-refractivity contribution in [2.24, 2.45) is 0 Å². The highest BCUT2D eigenvalue weighted by Crippen LogP contribution is 2.30. The first-order valence-corrected chi connectivity index (χ1v) is 6.49. The fourth-order valence-electron chi connectivity index (χ4n) is 1.30. The zero-order valence-corrected chi connectivity index (χ0v) is 11.3. The van der Waals surface area contributed by atoms with E-state index >= 15 is 0 Å². The number of hydrogen-bond acceptors (Lipinski definition) is 5. The molecule has 0 spiro atoms. The number of pyridine rings is 1. The van der Waals surface area contributed by atoms with Gasteiger partial charge in [-0.2, -0.15) is 0 Å². The van der Waals surface area contributed by atoms with Gasteiger partial charge in [-0.3, -0.25) is 0 Å². The van der Waals surface area contributed by atoms with Crippen molar-refractivity contribution < 1.29 is 0 Å². The zero-order valence-electron chi connectivity index (χ0n) is 8.95. The van der Waals surface area contributed by atoms with E-state index in [0.29, 0.717) is 15.9 Å². The topological polar surface area (TPSA) is 63.8 Å². The van der Waals surface area contributed by atoms with Crippen molar-refractivity contribution in [1.82, 2.24) is 9.97 Å². The maximum Gasteiger partial charge on any atom is 0.147 e. The van der Waals surface area contributed by atoms with Crippen molar-refractivity contribution in [2.75, 3.05) is 11.1 Å². The molecule has 3 N–H and O–H groups in total. The summed E-state index contributed by atoms with van der Waals surface area (Å²) in [6.45, 7) is 1.97. The summed E-state index contributed by atoms with van der Waals surface area (Å²) >= 11 is 13.4. The second-order valence-corrected chi connectivity index (χ2v) is 5.16. The van der Waals surface area contributed by atoms with Gasteiger partial charge >= 0.3 is 0 Å². The van der Waals surface area contributed by atoms with Crippen molar-refractivity contribution in [3.8, 4) is 0 Å². The first-order valence-electron chi connectivity index (χ1n) is 4.85. The first-order chi connectivity index (χ1) is 8.08. The van der Waals surface area contributed by atoms with Gasteiger partial charge < -0.3 is 11.1 Å². The Balaban J connectivity index is 2.22. The summed E-state index contributed by atoms with van der Waals surface area (Å²) in [5.41, 5.74) is 5.63. The number of thiazole rings is 1. The number of hydrogen-bond donors (Lipinski definition) is 2. The molecule has 90 valence electrons. The standard InChI is InChI=1S/C10H10Cl2N4S/c1-5(10-14-2-3-17-10)15-9-7(12)4-6(11)8(13)16-9/h2-5H,1H3,(H3,13,15,16). The molecular formula is C10H10Cl2N4S. The average molecular weight is 289 g/mol. The normalized spacial score (nSPS) is 12.4. The largest absolute Gasteiger partial charge is 0.382 e. The molecule has 2 heterocycles. The Hall–Kier alpha value is -1.04. The number of nitrogens with one attached hydrogen (secondary N) is 1. The summed E-state index contributed by atoms with van der Waals surface area (Å²) in [5.74, 6) is 0.765. The van der Waals surface area contributed by atoms with E-state index in [2.05, 4.69) is 15.3 Å². The minimum atomic E-state index is 0.0144. The lowest BCUT2D eigenvalue weighted by atomic mass is 10.3. The Morgan fingerprint density at radius 3 is 2.82 bits per heavy atom. The lowest BCUT2D eigenvalue weighted by Gasteiger charge is -2.13. The number of nitrogen functional groups attached to an aromatic ring is 1. The molecule has 0 radical (unpaired) electrons. The summed E-state index contributed by atoms with van der Waals surface area (Å²) in [5, 5.41) is 6.80. The predicted molar refractivity (Wildman–Crippen MR) is 72.8 cm³/mol. The van der Waals surface area contributed by atoms with Crippen LogP contribution in [0.1, 0.15) is 18.0 Å². The summed E-state index contributed by atoms with van der Waals surface area (Å²) in [6, 6.07) is 1.59. The molecule has 0 amide bonds. The molecule has 0 aliphatic rings. The van der Waals surface area contributed by atoms with Crippen LogP contribution in [0.4, 0.5) is 11.6 Å². The minimum absolute atomic E-state index is 0.0144. The van der Waals surface area contributed by atoms with Crippen LogP contribution in [0.2, 0.25) is 10.0 Å². The average Bonchev–Trinajstić information content (AvgIpc) is 2.79. The minimum Gasteiger partial charge on any atom is -0.382 e. The van der Waals surface area contributed by atoms with Crippen molar-refractivity contribution >= 4 is 46.2 Å². The van der Waals surface area contributed by atoms with Gasteiger partial charge in [-0.1, -0.05) is 23.2 Å². The Bertz CT molecular complexity index is 515. The monoisotopic (exact) mass is 288 g/mol. The fourth-order valence-corrected chi connectivity index (χ4v) is 2.36. The van der Waals surface area contributed by atoms with E-state index in [9.17, 15) is 0 Å². The molecule has 0 aliphatic carbocycles. The highest BCUT2D eigenvalue weighted by molar-refractivity contribution is 7.09. The quantitative estimate of drug-likeness (QED) is 0.906. The number of nitrogens with two attached hydrogens (primary N) is 1. The molecule has 2 aromatic heterocycles. The molecule has 17 heavy (non-hydrogen) atoms. The number of aromatic nitrogens is 2. The summed E-state index contributed by atoms with van der Waals surface area (Å²) in [4.78, 5) is 8.31. The third kappa shape index (κ3) is 2.80. The maximum absolute atomic E-state index is 6.02. The molecule has 1 atom stereocenters. The van der Waals surface area contributed by atoms with Crippen LogP contribution in [0.25, 0.3) is 0 Å². The Kier molecular flexibility index (Phi) is 3.71. The molecule has 2 rings (SSSR count). The Morgan fingerprint density at radius 2 is 2.18 bits per heavy atom. The zero-order chi connectivity index (χ0) is 12.4. The lowest BCUT2D eigenvalue weighted by Crippen LogP contribution is -2.09. The molecule has 0 aliphatic heterocycles. The van der Waals surface area contributed by atoms with Gasteiger partial charge in [0.05, 0.1) is 16.1 Å². The van der Waals surface area contributed by atoms with E-state index in [0.717, 1.165) is 5.01 Å². The van der Waals surface area contributed by atoms with E-state index in [1.54, 1.807) is 23.6 Å². The number of anilines is 2. The van der Waals surface area contributed by atoms with Crippen LogP contribution in [0.15, 0.2) is 17.6 Å². The molecule has 0 bridgehead atoms. The molecule has 4 nitrogen and oxygen atoms in total. The molecule has 7 heteroatoms. The highest BCUT2D eigenvalue weighted by Gasteiger charge is 2.12. The summed E-state index contributed by atoms with van der Waals surface area (Å²) < 4.78 is 0. The van der Waals surface area contributed by atoms with Crippen molar-refractivity contribution in [3.63, 3.8) is 0 Å². The molecule has 1 unspecified atom stereocenters. The molecule has 0 saturated heterocycles. The lowest BCUT2D eigenvalue weighted by molar-refractivity contribution is 0.861. The third-order valence-electron chi connectivity index (χ3n) is 2.13. The van der Waals surface area contributed by atoms with E-state index in [-0.39, 0.29) is 11.9 Å². The van der Waals surface area contributed by atoms with Crippen LogP contribution in [0, 0.1) is 0 Å². The van der Waals surface area contributed by atoms with E-state index in [1.807, 2.05) is 12.3 Å². The van der Waals surface area contributed by atoms with Gasteiger partial charge in [0.1, 0.15) is 16.6 Å². The van der Waals surface area contributed by atoms with E-state index in [1.165, 1.54) is 0 Å². The van der Waals surface area contributed by atoms with Crippen LogP contribution in [0.3, 0.4) is 0 Å². The van der Waals surface area contributed by atoms with Crippen molar-refractivity contribution in [1.29, 1.82) is 0 Å². The van der Waals surface area contributed by atoms with Gasteiger partial charge in [0.25, 0.3) is 0 Å². The highest BCUT2D eigenvalue weighted by atomic mass is 35.5. The molecule has 0 aromatic carbocycles. The second kappa shape index (κ2) is 5.08. The van der Waals surface area contributed by atoms with Gasteiger partial charge in [-0.05, 0) is 13.0 Å². The van der Waals surface area contributed by atoms with Crippen LogP contribution >= 0.6 is 34.5 Å².